The van der Waals surface area contributed by atoms with Crippen LogP contribution in [0.25, 0.3) is 0 Å². The molecule has 1 unspecified atom stereocenters. The molecule has 0 aliphatic rings. The summed E-state index contributed by atoms with van der Waals surface area (Å²) in [6.45, 7) is 7.85. The summed E-state index contributed by atoms with van der Waals surface area (Å²) < 4.78 is 12.6. The highest BCUT2D eigenvalue weighted by molar-refractivity contribution is 5.67. The molecule has 1 atom stereocenters. The maximum Gasteiger partial charge on any atom is 0.407 e. The molecule has 0 fully saturated rings. The lowest BCUT2D eigenvalue weighted by Gasteiger charge is -2.20. The van der Waals surface area contributed by atoms with Gasteiger partial charge in [-0.1, -0.05) is 0 Å². The Morgan fingerprint density at radius 3 is 2.90 bits per heavy atom. The van der Waals surface area contributed by atoms with Crippen molar-refractivity contribution in [1.82, 2.24) is 14.9 Å². The SMILES string of the molecule is CC(c1ccco1)n1cncc1CNC(=O)OC(C)(C)C. The van der Waals surface area contributed by atoms with Crippen LogP contribution in [-0.4, -0.2) is 21.2 Å². The molecule has 21 heavy (non-hydrogen) atoms. The Balaban J connectivity index is 1.99. The zero-order valence-electron chi connectivity index (χ0n) is 12.8. The van der Waals surface area contributed by atoms with Crippen molar-refractivity contribution in [1.29, 1.82) is 0 Å². The van der Waals surface area contributed by atoms with E-state index in [4.69, 9.17) is 9.15 Å². The fraction of sp³-hybridized carbons (Fsp3) is 0.467. The average molecular weight is 291 g/mol. The highest BCUT2D eigenvalue weighted by Crippen LogP contribution is 2.19. The van der Waals surface area contributed by atoms with Crippen molar-refractivity contribution >= 4 is 6.09 Å². The van der Waals surface area contributed by atoms with Crippen molar-refractivity contribution in [3.63, 3.8) is 0 Å². The van der Waals surface area contributed by atoms with Gasteiger partial charge in [0.1, 0.15) is 11.4 Å². The Hall–Kier alpha value is -2.24. The van der Waals surface area contributed by atoms with Gasteiger partial charge in [0.2, 0.25) is 0 Å². The predicted molar refractivity (Wildman–Crippen MR) is 77.8 cm³/mol. The van der Waals surface area contributed by atoms with Gasteiger partial charge in [-0.25, -0.2) is 9.78 Å². The zero-order chi connectivity index (χ0) is 15.5. The van der Waals surface area contributed by atoms with E-state index in [1.807, 2.05) is 44.4 Å². The average Bonchev–Trinajstić information content (AvgIpc) is 3.05. The quantitative estimate of drug-likeness (QED) is 0.939. The van der Waals surface area contributed by atoms with Crippen molar-refractivity contribution < 1.29 is 13.9 Å². The van der Waals surface area contributed by atoms with E-state index in [9.17, 15) is 4.79 Å². The first-order chi connectivity index (χ1) is 9.87. The van der Waals surface area contributed by atoms with E-state index >= 15 is 0 Å². The number of nitrogens with one attached hydrogen (secondary N) is 1. The van der Waals surface area contributed by atoms with Crippen LogP contribution in [0.15, 0.2) is 35.3 Å². The summed E-state index contributed by atoms with van der Waals surface area (Å²) in [5.74, 6) is 0.839. The van der Waals surface area contributed by atoms with Gasteiger partial charge in [-0.05, 0) is 39.8 Å². The molecule has 0 bridgehead atoms. The molecule has 6 nitrogen and oxygen atoms in total. The summed E-state index contributed by atoms with van der Waals surface area (Å²) in [5.41, 5.74) is 0.371. The molecule has 114 valence electrons. The van der Waals surface area contributed by atoms with Crippen LogP contribution >= 0.6 is 0 Å². The molecule has 1 N–H and O–H groups in total. The van der Waals surface area contributed by atoms with Crippen molar-refractivity contribution in [3.05, 3.63) is 42.4 Å². The Labute approximate surface area is 124 Å². The fourth-order valence-electron chi connectivity index (χ4n) is 1.96. The number of imidazole rings is 1. The molecule has 0 aliphatic heterocycles. The van der Waals surface area contributed by atoms with Crippen LogP contribution in [0.5, 0.6) is 0 Å². The monoisotopic (exact) mass is 291 g/mol. The van der Waals surface area contributed by atoms with Gasteiger partial charge in [0.05, 0.1) is 30.9 Å². The van der Waals surface area contributed by atoms with Crippen LogP contribution in [0.3, 0.4) is 0 Å². The van der Waals surface area contributed by atoms with Gasteiger partial charge in [0, 0.05) is 6.20 Å². The van der Waals surface area contributed by atoms with E-state index in [1.165, 1.54) is 0 Å². The standard InChI is InChI=1S/C15H21N3O3/c1-11(13-6-5-7-20-13)18-10-16-8-12(18)9-17-14(19)21-15(2,3)4/h5-8,10-11H,9H2,1-4H3,(H,17,19). The number of carbonyl (C=O) groups is 1. The molecule has 2 aromatic heterocycles. The topological polar surface area (TPSA) is 69.3 Å². The number of alkyl carbamates (subject to hydrolysis) is 1. The molecule has 2 aromatic rings. The molecular weight excluding hydrogens is 270 g/mol. The first-order valence-electron chi connectivity index (χ1n) is 6.88. The third kappa shape index (κ3) is 4.11. The highest BCUT2D eigenvalue weighted by atomic mass is 16.6. The minimum atomic E-state index is -0.508. The molecular formula is C15H21N3O3. The van der Waals surface area contributed by atoms with Gasteiger partial charge >= 0.3 is 6.09 Å². The minimum absolute atomic E-state index is 0.0120. The predicted octanol–water partition coefficient (Wildman–Crippen LogP) is 3.11. The second-order valence-corrected chi connectivity index (χ2v) is 5.84. The summed E-state index contributed by atoms with van der Waals surface area (Å²) in [6, 6.07) is 3.77. The molecule has 2 heterocycles. The number of ether oxygens (including phenoxy) is 1. The van der Waals surface area contributed by atoms with E-state index in [1.54, 1.807) is 18.8 Å². The smallest absolute Gasteiger partial charge is 0.407 e. The van der Waals surface area contributed by atoms with Crippen LogP contribution in [0.2, 0.25) is 0 Å². The third-order valence-corrected chi connectivity index (χ3v) is 2.93. The molecule has 0 aromatic carbocycles. The number of hydrogen-bond donors (Lipinski definition) is 1. The van der Waals surface area contributed by atoms with Gasteiger partial charge in [-0.3, -0.25) is 0 Å². The van der Waals surface area contributed by atoms with Crippen molar-refractivity contribution in [3.8, 4) is 0 Å². The number of nitrogens with zero attached hydrogens (tertiary/aromatic N) is 2. The van der Waals surface area contributed by atoms with Crippen LogP contribution in [0, 0.1) is 0 Å². The summed E-state index contributed by atoms with van der Waals surface area (Å²) in [4.78, 5) is 15.8. The summed E-state index contributed by atoms with van der Waals surface area (Å²) in [7, 11) is 0. The maximum atomic E-state index is 11.7. The number of carbonyl (C=O) groups excluding carboxylic acids is 1. The largest absolute Gasteiger partial charge is 0.467 e. The lowest BCUT2D eigenvalue weighted by Crippen LogP contribution is -2.32. The van der Waals surface area contributed by atoms with E-state index in [-0.39, 0.29) is 6.04 Å². The minimum Gasteiger partial charge on any atom is -0.467 e. The molecule has 0 saturated carbocycles. The number of furan rings is 1. The van der Waals surface area contributed by atoms with Gasteiger partial charge in [0.15, 0.2) is 0 Å². The zero-order valence-corrected chi connectivity index (χ0v) is 12.8. The lowest BCUT2D eigenvalue weighted by atomic mass is 10.2. The van der Waals surface area contributed by atoms with Gasteiger partial charge in [-0.15, -0.1) is 0 Å². The molecule has 0 radical (unpaired) electrons. The second-order valence-electron chi connectivity index (χ2n) is 5.84. The number of rotatable bonds is 4. The Morgan fingerprint density at radius 1 is 1.52 bits per heavy atom. The van der Waals surface area contributed by atoms with E-state index in [2.05, 4.69) is 10.3 Å². The van der Waals surface area contributed by atoms with Crippen LogP contribution in [-0.2, 0) is 11.3 Å². The molecule has 0 spiro atoms. The number of aromatic nitrogens is 2. The number of amides is 1. The van der Waals surface area contributed by atoms with Crippen molar-refractivity contribution in [2.45, 2.75) is 45.9 Å². The van der Waals surface area contributed by atoms with Crippen LogP contribution in [0.1, 0.15) is 45.2 Å². The van der Waals surface area contributed by atoms with Crippen molar-refractivity contribution in [2.24, 2.45) is 0 Å². The lowest BCUT2D eigenvalue weighted by molar-refractivity contribution is 0.0522. The number of hydrogen-bond acceptors (Lipinski definition) is 4. The van der Waals surface area contributed by atoms with E-state index in [0.717, 1.165) is 11.5 Å². The summed E-state index contributed by atoms with van der Waals surface area (Å²) >= 11 is 0. The van der Waals surface area contributed by atoms with E-state index < -0.39 is 11.7 Å². The Kier molecular flexibility index (Phi) is 4.35. The highest BCUT2D eigenvalue weighted by Gasteiger charge is 2.18. The summed E-state index contributed by atoms with van der Waals surface area (Å²) in [5, 5.41) is 2.73. The first kappa shape index (κ1) is 15.2. The fourth-order valence-corrected chi connectivity index (χ4v) is 1.96. The molecule has 0 aliphatic carbocycles. The van der Waals surface area contributed by atoms with Gasteiger partial charge in [-0.2, -0.15) is 0 Å². The second kappa shape index (κ2) is 6.03. The van der Waals surface area contributed by atoms with Crippen molar-refractivity contribution in [2.75, 3.05) is 0 Å². The van der Waals surface area contributed by atoms with Gasteiger partial charge < -0.3 is 19.0 Å². The first-order valence-corrected chi connectivity index (χ1v) is 6.88. The molecule has 6 heteroatoms. The van der Waals surface area contributed by atoms with Gasteiger partial charge in [0.25, 0.3) is 0 Å². The van der Waals surface area contributed by atoms with Crippen LogP contribution in [0.4, 0.5) is 4.79 Å². The van der Waals surface area contributed by atoms with Crippen LogP contribution < -0.4 is 5.32 Å². The normalized spacial score (nSPS) is 13.0. The summed E-state index contributed by atoms with van der Waals surface area (Å²) in [6.07, 6.45) is 4.64. The molecule has 0 saturated heterocycles. The molecule has 2 rings (SSSR count). The third-order valence-electron chi connectivity index (χ3n) is 2.93. The van der Waals surface area contributed by atoms with E-state index in [0.29, 0.717) is 6.54 Å². The molecule has 1 amide bonds. The maximum absolute atomic E-state index is 11.7. The Morgan fingerprint density at radius 2 is 2.29 bits per heavy atom. The Bertz CT molecular complexity index is 582.